The van der Waals surface area contributed by atoms with Gasteiger partial charge in [-0.15, -0.1) is 0 Å². The third-order valence-electron chi connectivity index (χ3n) is 6.88. The fourth-order valence-electron chi connectivity index (χ4n) is 4.95. The van der Waals surface area contributed by atoms with Gasteiger partial charge in [0.2, 0.25) is 12.7 Å². The van der Waals surface area contributed by atoms with Gasteiger partial charge in [0, 0.05) is 40.8 Å². The average Bonchev–Trinajstić information content (AvgIpc) is 3.25. The zero-order valence-corrected chi connectivity index (χ0v) is 19.9. The molecule has 5 rings (SSSR count). The van der Waals surface area contributed by atoms with Crippen molar-refractivity contribution in [2.24, 2.45) is 0 Å². The first kappa shape index (κ1) is 20.9. The second-order valence-corrected chi connectivity index (χ2v) is 10.5. The summed E-state index contributed by atoms with van der Waals surface area (Å²) in [6.45, 7) is 11.4. The monoisotopic (exact) mass is 432 g/mol. The number of anilines is 1. The van der Waals surface area contributed by atoms with Crippen molar-refractivity contribution in [2.45, 2.75) is 64.3 Å². The summed E-state index contributed by atoms with van der Waals surface area (Å²) < 4.78 is 13.4. The molecular formula is C27H32N2O3. The van der Waals surface area contributed by atoms with Crippen molar-refractivity contribution in [2.75, 3.05) is 18.7 Å². The van der Waals surface area contributed by atoms with Crippen LogP contribution >= 0.6 is 0 Å². The van der Waals surface area contributed by atoms with E-state index in [9.17, 15) is 4.79 Å². The van der Waals surface area contributed by atoms with Gasteiger partial charge >= 0.3 is 0 Å². The molecule has 1 saturated carbocycles. The lowest BCUT2D eigenvalue weighted by Gasteiger charge is -2.25. The topological polar surface area (TPSA) is 43.7 Å². The lowest BCUT2D eigenvalue weighted by atomic mass is 9.91. The summed E-state index contributed by atoms with van der Waals surface area (Å²) in [5, 5.41) is 1.17. The number of ether oxygens (including phenoxy) is 2. The minimum Gasteiger partial charge on any atom is -0.454 e. The lowest BCUT2D eigenvalue weighted by Crippen LogP contribution is -2.36. The lowest BCUT2D eigenvalue weighted by molar-refractivity contribution is -0.120. The highest BCUT2D eigenvalue weighted by Crippen LogP contribution is 2.52. The van der Waals surface area contributed by atoms with Crippen LogP contribution in [0.4, 0.5) is 5.69 Å². The molecule has 3 aromatic rings. The molecule has 2 aliphatic rings. The Balaban J connectivity index is 1.49. The summed E-state index contributed by atoms with van der Waals surface area (Å²) in [6.07, 6.45) is 1.71. The van der Waals surface area contributed by atoms with Crippen molar-refractivity contribution in [3.63, 3.8) is 0 Å². The zero-order valence-electron chi connectivity index (χ0n) is 19.9. The van der Waals surface area contributed by atoms with Gasteiger partial charge in [-0.25, -0.2) is 0 Å². The number of rotatable bonds is 4. The molecule has 0 N–H and O–H groups in total. The quantitative estimate of drug-likeness (QED) is 0.512. The van der Waals surface area contributed by atoms with E-state index in [1.807, 2.05) is 30.1 Å². The van der Waals surface area contributed by atoms with E-state index in [1.54, 1.807) is 0 Å². The predicted octanol–water partition coefficient (Wildman–Crippen LogP) is 5.94. The second kappa shape index (κ2) is 7.03. The van der Waals surface area contributed by atoms with Crippen LogP contribution in [0.15, 0.2) is 42.5 Å². The SMILES string of the molecule is CC(C)n1c(C(C)(C)C)cc2cc(N(C)C(=O)C3(c4ccc5c(c4)OCO5)CC3)ccc21. The molecule has 1 fully saturated rings. The fraction of sp³-hybridized carbons (Fsp3) is 0.444. The molecule has 0 unspecified atom stereocenters. The van der Waals surface area contributed by atoms with E-state index in [0.717, 1.165) is 35.6 Å². The molecule has 0 spiro atoms. The van der Waals surface area contributed by atoms with Gasteiger partial charge < -0.3 is 18.9 Å². The first-order valence-corrected chi connectivity index (χ1v) is 11.5. The standard InChI is InChI=1S/C27H32N2O3/c1-17(2)29-21-9-8-20(13-18(21)14-24(29)26(3,4)5)28(6)25(30)27(11-12-27)19-7-10-22-23(15-19)32-16-31-22/h7-10,13-15,17H,11-12,16H2,1-6H3. The van der Waals surface area contributed by atoms with E-state index < -0.39 is 5.41 Å². The van der Waals surface area contributed by atoms with Crippen LogP contribution in [0.1, 0.15) is 64.8 Å². The summed E-state index contributed by atoms with van der Waals surface area (Å²) in [6, 6.07) is 14.9. The minimum absolute atomic E-state index is 0.0442. The van der Waals surface area contributed by atoms with E-state index in [0.29, 0.717) is 6.04 Å². The Kier molecular flexibility index (Phi) is 4.59. The van der Waals surface area contributed by atoms with Crippen LogP contribution in [0.3, 0.4) is 0 Å². The number of amides is 1. The maximum atomic E-state index is 13.7. The third kappa shape index (κ3) is 3.17. The number of carbonyl (C=O) groups is 1. The number of fused-ring (bicyclic) bond motifs is 2. The van der Waals surface area contributed by atoms with Crippen molar-refractivity contribution in [1.29, 1.82) is 0 Å². The van der Waals surface area contributed by atoms with E-state index in [4.69, 9.17) is 9.47 Å². The molecule has 5 heteroatoms. The number of likely N-dealkylation sites (N-methyl/N-ethyl adjacent to an activating group) is 1. The van der Waals surface area contributed by atoms with Crippen LogP contribution in [0.25, 0.3) is 10.9 Å². The maximum absolute atomic E-state index is 13.7. The van der Waals surface area contributed by atoms with Crippen molar-refractivity contribution in [1.82, 2.24) is 4.57 Å². The summed E-state index contributed by atoms with van der Waals surface area (Å²) in [4.78, 5) is 15.5. The van der Waals surface area contributed by atoms with Gasteiger partial charge in [0.1, 0.15) is 0 Å². The van der Waals surface area contributed by atoms with Gasteiger partial charge in [-0.1, -0.05) is 26.8 Å². The number of hydrogen-bond donors (Lipinski definition) is 0. The Morgan fingerprint density at radius 3 is 2.41 bits per heavy atom. The van der Waals surface area contributed by atoms with E-state index >= 15 is 0 Å². The van der Waals surface area contributed by atoms with E-state index in [-0.39, 0.29) is 18.1 Å². The van der Waals surface area contributed by atoms with Crippen LogP contribution in [-0.2, 0) is 15.6 Å². The van der Waals surface area contributed by atoms with Crippen LogP contribution in [0, 0.1) is 0 Å². The second-order valence-electron chi connectivity index (χ2n) is 10.5. The van der Waals surface area contributed by atoms with Crippen LogP contribution in [-0.4, -0.2) is 24.3 Å². The van der Waals surface area contributed by atoms with E-state index in [1.165, 1.54) is 16.6 Å². The fourth-order valence-corrected chi connectivity index (χ4v) is 4.95. The Hall–Kier alpha value is -2.95. The molecule has 168 valence electrons. The molecule has 0 saturated heterocycles. The molecule has 0 radical (unpaired) electrons. The highest BCUT2D eigenvalue weighted by molar-refractivity contribution is 6.04. The zero-order chi connectivity index (χ0) is 22.8. The smallest absolute Gasteiger partial charge is 0.237 e. The maximum Gasteiger partial charge on any atom is 0.237 e. The molecule has 0 atom stereocenters. The third-order valence-corrected chi connectivity index (χ3v) is 6.88. The average molecular weight is 433 g/mol. The molecular weight excluding hydrogens is 400 g/mol. The Morgan fingerprint density at radius 1 is 1.03 bits per heavy atom. The molecule has 2 heterocycles. The number of aromatic nitrogens is 1. The number of carbonyl (C=O) groups excluding carboxylic acids is 1. The van der Waals surface area contributed by atoms with Gasteiger partial charge in [-0.05, 0) is 68.7 Å². The molecule has 1 aliphatic carbocycles. The number of hydrogen-bond acceptors (Lipinski definition) is 3. The molecule has 1 aromatic heterocycles. The van der Waals surface area contributed by atoms with E-state index in [2.05, 4.69) is 63.5 Å². The Bertz CT molecular complexity index is 1210. The van der Waals surface area contributed by atoms with Crippen molar-refractivity contribution < 1.29 is 14.3 Å². The summed E-state index contributed by atoms with van der Waals surface area (Å²) in [5.41, 5.74) is 4.05. The Morgan fingerprint density at radius 2 is 1.75 bits per heavy atom. The predicted molar refractivity (Wildman–Crippen MR) is 128 cm³/mol. The largest absolute Gasteiger partial charge is 0.454 e. The summed E-state index contributed by atoms with van der Waals surface area (Å²) in [7, 11) is 1.89. The van der Waals surface area contributed by atoms with Gasteiger partial charge in [-0.2, -0.15) is 0 Å². The molecule has 5 nitrogen and oxygen atoms in total. The summed E-state index contributed by atoms with van der Waals surface area (Å²) >= 11 is 0. The molecule has 1 amide bonds. The van der Waals surface area contributed by atoms with Crippen LogP contribution < -0.4 is 14.4 Å². The van der Waals surface area contributed by atoms with Crippen molar-refractivity contribution >= 4 is 22.5 Å². The number of nitrogens with zero attached hydrogens (tertiary/aromatic N) is 2. The Labute approximate surface area is 189 Å². The molecule has 0 bridgehead atoms. The van der Waals surface area contributed by atoms with Crippen molar-refractivity contribution in [3.8, 4) is 11.5 Å². The van der Waals surface area contributed by atoms with Gasteiger partial charge in [-0.3, -0.25) is 4.79 Å². The van der Waals surface area contributed by atoms with Crippen LogP contribution in [0.5, 0.6) is 11.5 Å². The first-order valence-electron chi connectivity index (χ1n) is 11.5. The first-order chi connectivity index (χ1) is 15.1. The normalized spacial score (nSPS) is 16.6. The van der Waals surface area contributed by atoms with Crippen LogP contribution in [0.2, 0.25) is 0 Å². The molecule has 2 aromatic carbocycles. The molecule has 1 aliphatic heterocycles. The van der Waals surface area contributed by atoms with Gasteiger partial charge in [0.05, 0.1) is 5.41 Å². The molecule has 32 heavy (non-hydrogen) atoms. The minimum atomic E-state index is -0.467. The van der Waals surface area contributed by atoms with Gasteiger partial charge in [0.25, 0.3) is 0 Å². The summed E-state index contributed by atoms with van der Waals surface area (Å²) in [5.74, 6) is 1.62. The number of benzene rings is 2. The van der Waals surface area contributed by atoms with Crippen molar-refractivity contribution in [3.05, 3.63) is 53.7 Å². The highest BCUT2D eigenvalue weighted by Gasteiger charge is 2.53. The highest BCUT2D eigenvalue weighted by atomic mass is 16.7. The van der Waals surface area contributed by atoms with Gasteiger partial charge in [0.15, 0.2) is 11.5 Å².